The quantitative estimate of drug-likeness (QED) is 0.879. The van der Waals surface area contributed by atoms with Crippen LogP contribution in [0.1, 0.15) is 39.2 Å². The van der Waals surface area contributed by atoms with Gasteiger partial charge >= 0.3 is 0 Å². The van der Waals surface area contributed by atoms with E-state index in [1.165, 1.54) is 5.56 Å². The van der Waals surface area contributed by atoms with Gasteiger partial charge in [-0.15, -0.1) is 12.4 Å². The molecule has 1 aromatic rings. The van der Waals surface area contributed by atoms with Crippen molar-refractivity contribution in [3.8, 4) is 0 Å². The summed E-state index contributed by atoms with van der Waals surface area (Å²) in [5.74, 6) is 0.242. The van der Waals surface area contributed by atoms with Gasteiger partial charge in [0.15, 0.2) is 0 Å². The highest BCUT2D eigenvalue weighted by Crippen LogP contribution is 2.23. The van der Waals surface area contributed by atoms with Crippen LogP contribution in [0.3, 0.4) is 0 Å². The zero-order valence-corrected chi connectivity index (χ0v) is 13.3. The Hall–Kier alpha value is -1.06. The molecule has 20 heavy (non-hydrogen) atoms. The largest absolute Gasteiger partial charge is 0.326 e. The van der Waals surface area contributed by atoms with Crippen LogP contribution in [0.15, 0.2) is 24.3 Å². The van der Waals surface area contributed by atoms with Crippen LogP contribution in [-0.4, -0.2) is 19.0 Å². The van der Waals surface area contributed by atoms with Gasteiger partial charge in [-0.2, -0.15) is 0 Å². The fourth-order valence-corrected chi connectivity index (χ4v) is 2.37. The van der Waals surface area contributed by atoms with Crippen molar-refractivity contribution in [2.75, 3.05) is 18.4 Å². The van der Waals surface area contributed by atoms with Crippen molar-refractivity contribution >= 4 is 24.0 Å². The highest BCUT2D eigenvalue weighted by molar-refractivity contribution is 5.92. The molecule has 0 spiro atoms. The second-order valence-electron chi connectivity index (χ2n) is 6.36. The van der Waals surface area contributed by atoms with E-state index < -0.39 is 0 Å². The minimum Gasteiger partial charge on any atom is -0.326 e. The van der Waals surface area contributed by atoms with E-state index in [2.05, 4.69) is 43.5 Å². The first kappa shape index (κ1) is 17.0. The molecular weight excluding hydrogens is 272 g/mol. The highest BCUT2D eigenvalue weighted by Gasteiger charge is 2.21. The lowest BCUT2D eigenvalue weighted by Gasteiger charge is -2.22. The molecule has 4 heteroatoms. The predicted molar refractivity (Wildman–Crippen MR) is 86.6 cm³/mol. The van der Waals surface area contributed by atoms with Crippen LogP contribution in [0.4, 0.5) is 5.69 Å². The fourth-order valence-electron chi connectivity index (χ4n) is 2.37. The predicted octanol–water partition coefficient (Wildman–Crippen LogP) is 3.34. The van der Waals surface area contributed by atoms with E-state index in [1.54, 1.807) is 0 Å². The molecular formula is C16H25ClN2O. The highest BCUT2D eigenvalue weighted by atomic mass is 35.5. The van der Waals surface area contributed by atoms with Gasteiger partial charge in [0, 0.05) is 12.2 Å². The van der Waals surface area contributed by atoms with Gasteiger partial charge in [-0.1, -0.05) is 32.9 Å². The molecule has 1 amide bonds. The van der Waals surface area contributed by atoms with Gasteiger partial charge in [-0.25, -0.2) is 0 Å². The van der Waals surface area contributed by atoms with Crippen LogP contribution in [0.2, 0.25) is 0 Å². The molecule has 1 aliphatic rings. The minimum absolute atomic E-state index is 0. The van der Waals surface area contributed by atoms with E-state index >= 15 is 0 Å². The van der Waals surface area contributed by atoms with Crippen LogP contribution in [0, 0.1) is 5.92 Å². The normalized spacial score (nSPS) is 19.1. The standard InChI is InChI=1S/C16H24N2O.ClH/c1-16(2,3)13-6-8-14(9-7-13)18-15(19)12-5-4-10-17-11-12;/h6-9,12,17H,4-5,10-11H2,1-3H3,(H,18,19);1H. The Labute approximate surface area is 127 Å². The maximum Gasteiger partial charge on any atom is 0.228 e. The summed E-state index contributed by atoms with van der Waals surface area (Å²) in [6.45, 7) is 8.40. The van der Waals surface area contributed by atoms with Gasteiger partial charge in [0.2, 0.25) is 5.91 Å². The summed E-state index contributed by atoms with van der Waals surface area (Å²) in [5.41, 5.74) is 2.32. The molecule has 0 radical (unpaired) electrons. The molecule has 112 valence electrons. The van der Waals surface area contributed by atoms with E-state index in [1.807, 2.05) is 12.1 Å². The number of halogens is 1. The number of hydrogen-bond donors (Lipinski definition) is 2. The van der Waals surface area contributed by atoms with E-state index in [0.717, 1.165) is 31.6 Å². The zero-order chi connectivity index (χ0) is 13.9. The molecule has 1 aliphatic heterocycles. The summed E-state index contributed by atoms with van der Waals surface area (Å²) >= 11 is 0. The van der Waals surface area contributed by atoms with Crippen molar-refractivity contribution in [2.24, 2.45) is 5.92 Å². The lowest BCUT2D eigenvalue weighted by atomic mass is 9.87. The molecule has 1 fully saturated rings. The first-order valence-electron chi connectivity index (χ1n) is 7.09. The average Bonchev–Trinajstić information content (AvgIpc) is 2.39. The van der Waals surface area contributed by atoms with Gasteiger partial charge in [-0.05, 0) is 42.5 Å². The number of carbonyl (C=O) groups is 1. The van der Waals surface area contributed by atoms with Crippen molar-refractivity contribution in [3.05, 3.63) is 29.8 Å². The summed E-state index contributed by atoms with van der Waals surface area (Å²) in [6.07, 6.45) is 2.07. The first-order valence-corrected chi connectivity index (χ1v) is 7.09. The number of carbonyl (C=O) groups excluding carboxylic acids is 1. The lowest BCUT2D eigenvalue weighted by Crippen LogP contribution is -2.37. The molecule has 1 unspecified atom stereocenters. The topological polar surface area (TPSA) is 41.1 Å². The third-order valence-corrected chi connectivity index (χ3v) is 3.69. The molecule has 1 aromatic carbocycles. The second-order valence-corrected chi connectivity index (χ2v) is 6.36. The van der Waals surface area contributed by atoms with Crippen LogP contribution >= 0.6 is 12.4 Å². The van der Waals surface area contributed by atoms with Gasteiger partial charge in [0.1, 0.15) is 0 Å². The van der Waals surface area contributed by atoms with Gasteiger partial charge in [0.05, 0.1) is 5.92 Å². The van der Waals surface area contributed by atoms with Crippen molar-refractivity contribution in [1.29, 1.82) is 0 Å². The number of anilines is 1. The molecule has 1 atom stereocenters. The Morgan fingerprint density at radius 3 is 2.40 bits per heavy atom. The summed E-state index contributed by atoms with van der Waals surface area (Å²) in [7, 11) is 0. The summed E-state index contributed by atoms with van der Waals surface area (Å²) in [4.78, 5) is 12.1. The Bertz CT molecular complexity index is 431. The van der Waals surface area contributed by atoms with Gasteiger partial charge in [0.25, 0.3) is 0 Å². The number of rotatable bonds is 2. The second kappa shape index (κ2) is 7.09. The monoisotopic (exact) mass is 296 g/mol. The molecule has 0 bridgehead atoms. The smallest absolute Gasteiger partial charge is 0.228 e. The number of nitrogens with one attached hydrogen (secondary N) is 2. The van der Waals surface area contributed by atoms with E-state index in [4.69, 9.17) is 0 Å². The third kappa shape index (κ3) is 4.50. The maximum absolute atomic E-state index is 12.1. The van der Waals surface area contributed by atoms with Crippen molar-refractivity contribution in [3.63, 3.8) is 0 Å². The summed E-state index contributed by atoms with van der Waals surface area (Å²) < 4.78 is 0. The SMILES string of the molecule is CC(C)(C)c1ccc(NC(=O)C2CCCNC2)cc1.Cl. The zero-order valence-electron chi connectivity index (χ0n) is 12.5. The van der Waals surface area contributed by atoms with Crippen LogP contribution < -0.4 is 10.6 Å². The number of hydrogen-bond acceptors (Lipinski definition) is 2. The summed E-state index contributed by atoms with van der Waals surface area (Å²) in [5, 5.41) is 6.28. The van der Waals surface area contributed by atoms with E-state index in [0.29, 0.717) is 0 Å². The first-order chi connectivity index (χ1) is 8.97. The molecule has 0 aromatic heterocycles. The van der Waals surface area contributed by atoms with Crippen molar-refractivity contribution < 1.29 is 4.79 Å². The van der Waals surface area contributed by atoms with Crippen molar-refractivity contribution in [2.45, 2.75) is 39.0 Å². The molecule has 1 heterocycles. The molecule has 0 saturated carbocycles. The Morgan fingerprint density at radius 2 is 1.90 bits per heavy atom. The average molecular weight is 297 g/mol. The van der Waals surface area contributed by atoms with Crippen LogP contribution in [0.25, 0.3) is 0 Å². The molecule has 3 nitrogen and oxygen atoms in total. The number of piperidine rings is 1. The van der Waals surface area contributed by atoms with Gasteiger partial charge < -0.3 is 10.6 Å². The Balaban J connectivity index is 0.00000200. The Morgan fingerprint density at radius 1 is 1.25 bits per heavy atom. The third-order valence-electron chi connectivity index (χ3n) is 3.69. The number of benzene rings is 1. The summed E-state index contributed by atoms with van der Waals surface area (Å²) in [6, 6.07) is 8.17. The molecule has 1 saturated heterocycles. The minimum atomic E-state index is 0. The van der Waals surface area contributed by atoms with Gasteiger partial charge in [-0.3, -0.25) is 4.79 Å². The number of amides is 1. The van der Waals surface area contributed by atoms with Crippen LogP contribution in [0.5, 0.6) is 0 Å². The molecule has 2 rings (SSSR count). The van der Waals surface area contributed by atoms with E-state index in [9.17, 15) is 4.79 Å². The lowest BCUT2D eigenvalue weighted by molar-refractivity contribution is -0.120. The molecule has 0 aliphatic carbocycles. The maximum atomic E-state index is 12.1. The van der Waals surface area contributed by atoms with Crippen molar-refractivity contribution in [1.82, 2.24) is 5.32 Å². The Kier molecular flexibility index (Phi) is 6.03. The molecule has 2 N–H and O–H groups in total. The van der Waals surface area contributed by atoms with Crippen LogP contribution in [-0.2, 0) is 10.2 Å². The fraction of sp³-hybridized carbons (Fsp3) is 0.562. The van der Waals surface area contributed by atoms with E-state index in [-0.39, 0.29) is 29.6 Å².